The molecule has 1 unspecified atom stereocenters. The van der Waals surface area contributed by atoms with Crippen LogP contribution in [-0.2, 0) is 6.42 Å². The maximum atomic E-state index is 5.61. The van der Waals surface area contributed by atoms with Gasteiger partial charge in [-0.3, -0.25) is 0 Å². The monoisotopic (exact) mass is 243 g/mol. The smallest absolute Gasteiger partial charge is 0.315 e. The molecular weight excluding hydrogens is 226 g/mol. The molecule has 0 aliphatic heterocycles. The number of nitrogens with zero attached hydrogens (tertiary/aromatic N) is 2. The van der Waals surface area contributed by atoms with Crippen LogP contribution in [0.5, 0.6) is 0 Å². The van der Waals surface area contributed by atoms with E-state index in [1.54, 1.807) is 0 Å². The van der Waals surface area contributed by atoms with Gasteiger partial charge in [0.05, 0.1) is 0 Å². The van der Waals surface area contributed by atoms with Crippen LogP contribution < -0.4 is 5.32 Å². The normalized spacial score (nSPS) is 23.6. The van der Waals surface area contributed by atoms with Gasteiger partial charge in [-0.15, -0.1) is 16.7 Å². The number of anilines is 1. The van der Waals surface area contributed by atoms with Crippen LogP contribution in [0.4, 0.5) is 6.01 Å². The predicted molar refractivity (Wildman–Crippen MR) is 63.8 cm³/mol. The summed E-state index contributed by atoms with van der Waals surface area (Å²) in [6, 6.07) is 0.955. The third kappa shape index (κ3) is 2.48. The van der Waals surface area contributed by atoms with Crippen molar-refractivity contribution in [1.29, 1.82) is 0 Å². The van der Waals surface area contributed by atoms with Crippen molar-refractivity contribution in [2.45, 2.75) is 45.6 Å². The summed E-state index contributed by atoms with van der Waals surface area (Å²) >= 11 is 5.61. The largest absolute Gasteiger partial charge is 0.408 e. The van der Waals surface area contributed by atoms with Gasteiger partial charge in [0.25, 0.3) is 0 Å². The van der Waals surface area contributed by atoms with Crippen molar-refractivity contribution in [2.24, 2.45) is 5.41 Å². The Kier molecular flexibility index (Phi) is 3.38. The Balaban J connectivity index is 1.98. The number of rotatable bonds is 4. The second-order valence-electron chi connectivity index (χ2n) is 5.02. The highest BCUT2D eigenvalue weighted by Crippen LogP contribution is 2.38. The molecule has 1 atom stereocenters. The first-order valence-corrected chi connectivity index (χ1v) is 6.30. The molecule has 1 aliphatic rings. The highest BCUT2D eigenvalue weighted by molar-refractivity contribution is 6.17. The van der Waals surface area contributed by atoms with E-state index in [0.29, 0.717) is 35.7 Å². The van der Waals surface area contributed by atoms with E-state index < -0.39 is 0 Å². The van der Waals surface area contributed by atoms with Gasteiger partial charge in [0, 0.05) is 18.3 Å². The van der Waals surface area contributed by atoms with E-state index in [4.69, 9.17) is 16.0 Å². The molecule has 0 radical (unpaired) electrons. The molecule has 1 aromatic heterocycles. The van der Waals surface area contributed by atoms with Crippen molar-refractivity contribution in [1.82, 2.24) is 10.2 Å². The number of alkyl halides is 1. The second-order valence-corrected chi connectivity index (χ2v) is 5.40. The first kappa shape index (κ1) is 11.7. The molecule has 1 aliphatic carbocycles. The second kappa shape index (κ2) is 4.62. The summed E-state index contributed by atoms with van der Waals surface area (Å²) in [5, 5.41) is 11.2. The fraction of sp³-hybridized carbons (Fsp3) is 0.818. The summed E-state index contributed by atoms with van der Waals surface area (Å²) in [4.78, 5) is 0. The van der Waals surface area contributed by atoms with Gasteiger partial charge in [-0.05, 0) is 18.3 Å². The van der Waals surface area contributed by atoms with Gasteiger partial charge in [0.2, 0.25) is 5.89 Å². The molecule has 16 heavy (non-hydrogen) atoms. The third-order valence-electron chi connectivity index (χ3n) is 3.33. The fourth-order valence-electron chi connectivity index (χ4n) is 2.24. The van der Waals surface area contributed by atoms with Crippen LogP contribution >= 0.6 is 11.6 Å². The number of hydrogen-bond donors (Lipinski definition) is 1. The molecule has 1 heterocycles. The zero-order valence-corrected chi connectivity index (χ0v) is 10.5. The molecule has 4 nitrogen and oxygen atoms in total. The van der Waals surface area contributed by atoms with Crippen LogP contribution in [-0.4, -0.2) is 22.1 Å². The van der Waals surface area contributed by atoms with Crippen LogP contribution in [0.3, 0.4) is 0 Å². The van der Waals surface area contributed by atoms with E-state index in [-0.39, 0.29) is 0 Å². The van der Waals surface area contributed by atoms with Crippen molar-refractivity contribution in [3.8, 4) is 0 Å². The maximum Gasteiger partial charge on any atom is 0.315 e. The lowest BCUT2D eigenvalue weighted by Crippen LogP contribution is -2.30. The number of aryl methyl sites for hydroxylation is 1. The van der Waals surface area contributed by atoms with E-state index in [1.165, 1.54) is 19.3 Å². The summed E-state index contributed by atoms with van der Waals surface area (Å²) < 4.78 is 5.46. The lowest BCUT2D eigenvalue weighted by atomic mass is 9.87. The molecule has 1 saturated carbocycles. The van der Waals surface area contributed by atoms with Crippen molar-refractivity contribution in [3.05, 3.63) is 5.89 Å². The molecule has 0 spiro atoms. The van der Waals surface area contributed by atoms with Gasteiger partial charge in [-0.1, -0.05) is 25.4 Å². The Bertz CT molecular complexity index is 351. The van der Waals surface area contributed by atoms with Gasteiger partial charge in [0.15, 0.2) is 0 Å². The van der Waals surface area contributed by atoms with Crippen LogP contribution in [0, 0.1) is 5.41 Å². The fourth-order valence-corrected chi connectivity index (χ4v) is 2.40. The van der Waals surface area contributed by atoms with Crippen LogP contribution in [0.25, 0.3) is 0 Å². The molecule has 2 rings (SSSR count). The Labute approximate surface area is 101 Å². The summed E-state index contributed by atoms with van der Waals surface area (Å²) in [6.45, 7) is 4.54. The summed E-state index contributed by atoms with van der Waals surface area (Å²) in [7, 11) is 0. The van der Waals surface area contributed by atoms with Crippen molar-refractivity contribution < 1.29 is 4.42 Å². The number of hydrogen-bond acceptors (Lipinski definition) is 4. The first-order chi connectivity index (χ1) is 7.62. The average molecular weight is 244 g/mol. The summed E-state index contributed by atoms with van der Waals surface area (Å²) in [5.41, 5.74) is 0.307. The van der Waals surface area contributed by atoms with E-state index in [9.17, 15) is 0 Å². The highest BCUT2D eigenvalue weighted by Gasteiger charge is 2.35. The quantitative estimate of drug-likeness (QED) is 0.827. The van der Waals surface area contributed by atoms with Crippen molar-refractivity contribution >= 4 is 17.6 Å². The minimum absolute atomic E-state index is 0.307. The predicted octanol–water partition coefficient (Wildman–Crippen LogP) is 2.84. The average Bonchev–Trinajstić information content (AvgIpc) is 2.76. The van der Waals surface area contributed by atoms with Crippen LogP contribution in [0.2, 0.25) is 0 Å². The van der Waals surface area contributed by atoms with Crippen molar-refractivity contribution in [3.63, 3.8) is 0 Å². The first-order valence-electron chi connectivity index (χ1n) is 5.77. The molecular formula is C11H18ClN3O. The number of nitrogens with one attached hydrogen (secondary N) is 1. The summed E-state index contributed by atoms with van der Waals surface area (Å²) in [6.07, 6.45) is 4.30. The highest BCUT2D eigenvalue weighted by atomic mass is 35.5. The molecule has 90 valence electrons. The SMILES string of the molecule is CC1(C)CCCC1Nc1nnc(CCCl)o1. The minimum Gasteiger partial charge on any atom is -0.408 e. The molecule has 1 aromatic rings. The van der Waals surface area contributed by atoms with Crippen molar-refractivity contribution in [2.75, 3.05) is 11.2 Å². The van der Waals surface area contributed by atoms with Gasteiger partial charge in [-0.25, -0.2) is 0 Å². The molecule has 0 bridgehead atoms. The van der Waals surface area contributed by atoms with E-state index in [1.807, 2.05) is 0 Å². The van der Waals surface area contributed by atoms with Crippen LogP contribution in [0.15, 0.2) is 4.42 Å². The molecule has 0 saturated heterocycles. The van der Waals surface area contributed by atoms with Gasteiger partial charge in [0.1, 0.15) is 0 Å². The summed E-state index contributed by atoms with van der Waals surface area (Å²) in [5.74, 6) is 1.12. The molecule has 0 aromatic carbocycles. The Morgan fingerprint density at radius 3 is 2.94 bits per heavy atom. The van der Waals surface area contributed by atoms with Gasteiger partial charge < -0.3 is 9.73 Å². The topological polar surface area (TPSA) is 51.0 Å². The van der Waals surface area contributed by atoms with Crippen LogP contribution in [0.1, 0.15) is 39.0 Å². The minimum atomic E-state index is 0.307. The lowest BCUT2D eigenvalue weighted by Gasteiger charge is -2.26. The number of halogens is 1. The Hall–Kier alpha value is -0.770. The zero-order valence-electron chi connectivity index (χ0n) is 9.79. The third-order valence-corrected chi connectivity index (χ3v) is 3.52. The lowest BCUT2D eigenvalue weighted by molar-refractivity contribution is 0.343. The number of aromatic nitrogens is 2. The molecule has 1 N–H and O–H groups in total. The molecule has 5 heteroatoms. The molecule has 1 fully saturated rings. The van der Waals surface area contributed by atoms with E-state index >= 15 is 0 Å². The molecule has 0 amide bonds. The van der Waals surface area contributed by atoms with E-state index in [0.717, 1.165) is 0 Å². The maximum absolute atomic E-state index is 5.61. The standard InChI is InChI=1S/C11H18ClN3O/c1-11(2)6-3-4-8(11)13-10-15-14-9(16-10)5-7-12/h8H,3-7H2,1-2H3,(H,13,15). The van der Waals surface area contributed by atoms with E-state index in [2.05, 4.69) is 29.4 Å². The van der Waals surface area contributed by atoms with Gasteiger partial charge in [-0.2, -0.15) is 0 Å². The zero-order chi connectivity index (χ0) is 11.6. The Morgan fingerprint density at radius 1 is 1.50 bits per heavy atom. The Morgan fingerprint density at radius 2 is 2.31 bits per heavy atom. The van der Waals surface area contributed by atoms with Gasteiger partial charge >= 0.3 is 6.01 Å².